The summed E-state index contributed by atoms with van der Waals surface area (Å²) in [6, 6.07) is 6.57. The van der Waals surface area contributed by atoms with Gasteiger partial charge in [-0.05, 0) is 25.0 Å². The van der Waals surface area contributed by atoms with Crippen LogP contribution >= 0.6 is 12.2 Å². The van der Waals surface area contributed by atoms with E-state index in [-0.39, 0.29) is 16.6 Å². The summed E-state index contributed by atoms with van der Waals surface area (Å²) in [5.41, 5.74) is 5.67. The third-order valence-corrected chi connectivity index (χ3v) is 4.00. The smallest absolute Gasteiger partial charge is 0.239 e. The Morgan fingerprint density at radius 3 is 2.61 bits per heavy atom. The molecular weight excluding hydrogens is 248 g/mol. The van der Waals surface area contributed by atoms with E-state index >= 15 is 0 Å². The summed E-state index contributed by atoms with van der Waals surface area (Å²) < 4.78 is 0. The molecule has 0 atom stereocenters. The first-order chi connectivity index (χ1) is 8.47. The molecule has 2 rings (SSSR count). The van der Waals surface area contributed by atoms with E-state index in [9.17, 15) is 9.90 Å². The first kappa shape index (κ1) is 12.8. The van der Waals surface area contributed by atoms with Gasteiger partial charge >= 0.3 is 0 Å². The Morgan fingerprint density at radius 1 is 1.50 bits per heavy atom. The number of amides is 1. The molecule has 1 fully saturated rings. The first-order valence-electron chi connectivity index (χ1n) is 5.84. The molecule has 0 saturated heterocycles. The van der Waals surface area contributed by atoms with Crippen molar-refractivity contribution in [2.45, 2.75) is 19.3 Å². The summed E-state index contributed by atoms with van der Waals surface area (Å²) in [4.78, 5) is 14.3. The van der Waals surface area contributed by atoms with Crippen molar-refractivity contribution in [2.75, 3.05) is 11.9 Å². The van der Waals surface area contributed by atoms with Gasteiger partial charge in [-0.25, -0.2) is 0 Å². The van der Waals surface area contributed by atoms with Gasteiger partial charge in [-0.15, -0.1) is 0 Å². The highest BCUT2D eigenvalue weighted by atomic mass is 32.1. The second-order valence-electron chi connectivity index (χ2n) is 4.68. The molecule has 3 N–H and O–H groups in total. The van der Waals surface area contributed by atoms with E-state index in [1.807, 2.05) is 0 Å². The number of hydrogen-bond acceptors (Lipinski definition) is 3. The fraction of sp³-hybridized carbons (Fsp3) is 0.385. The number of rotatable bonds is 3. The number of anilines is 1. The quantitative estimate of drug-likeness (QED) is 0.817. The Bertz CT molecular complexity index is 498. The molecule has 0 radical (unpaired) electrons. The monoisotopic (exact) mass is 264 g/mol. The summed E-state index contributed by atoms with van der Waals surface area (Å²) in [5, 5.41) is 9.44. The number of carbonyl (C=O) groups is 1. The summed E-state index contributed by atoms with van der Waals surface area (Å²) in [6.45, 7) is 0. The average molecular weight is 264 g/mol. The maximum Gasteiger partial charge on any atom is 0.239 e. The van der Waals surface area contributed by atoms with Gasteiger partial charge in [0.2, 0.25) is 5.91 Å². The lowest BCUT2D eigenvalue weighted by atomic mass is 9.67. The van der Waals surface area contributed by atoms with Crippen molar-refractivity contribution in [1.82, 2.24) is 0 Å². The third-order valence-electron chi connectivity index (χ3n) is 3.61. The van der Waals surface area contributed by atoms with Gasteiger partial charge in [0.25, 0.3) is 0 Å². The van der Waals surface area contributed by atoms with Gasteiger partial charge in [0.1, 0.15) is 5.75 Å². The number of benzene rings is 1. The molecular formula is C13H16N2O2S. The van der Waals surface area contributed by atoms with Crippen molar-refractivity contribution in [3.63, 3.8) is 0 Å². The molecule has 1 aromatic rings. The Hall–Kier alpha value is -1.62. The van der Waals surface area contributed by atoms with E-state index in [4.69, 9.17) is 18.0 Å². The number of hydrogen-bond donors (Lipinski definition) is 2. The highest BCUT2D eigenvalue weighted by Gasteiger charge is 2.48. The SMILES string of the molecule is CN(C(=O)C1(C(N)=S)CCC1)c1cccc(O)c1. The maximum absolute atomic E-state index is 12.5. The van der Waals surface area contributed by atoms with E-state index < -0.39 is 5.41 Å². The average Bonchev–Trinajstić information content (AvgIpc) is 2.25. The normalized spacial score (nSPS) is 16.7. The fourth-order valence-electron chi connectivity index (χ4n) is 2.24. The number of nitrogens with zero attached hydrogens (tertiary/aromatic N) is 1. The van der Waals surface area contributed by atoms with Crippen molar-refractivity contribution in [3.8, 4) is 5.75 Å². The predicted molar refractivity (Wildman–Crippen MR) is 74.6 cm³/mol. The standard InChI is InChI=1S/C13H16N2O2S/c1-15(9-4-2-5-10(16)8-9)12(17)13(11(14)18)6-3-7-13/h2,4-5,8,16H,3,6-7H2,1H3,(H2,14,18). The zero-order valence-corrected chi connectivity index (χ0v) is 11.0. The van der Waals surface area contributed by atoms with Crippen LogP contribution in [-0.2, 0) is 4.79 Å². The molecule has 1 amide bonds. The predicted octanol–water partition coefficient (Wildman–Crippen LogP) is 1.81. The van der Waals surface area contributed by atoms with Gasteiger partial charge < -0.3 is 15.7 Å². The van der Waals surface area contributed by atoms with Crippen molar-refractivity contribution in [1.29, 1.82) is 0 Å². The minimum absolute atomic E-state index is 0.0909. The molecule has 96 valence electrons. The lowest BCUT2D eigenvalue weighted by molar-refractivity contribution is -0.127. The van der Waals surface area contributed by atoms with Gasteiger partial charge in [-0.1, -0.05) is 24.7 Å². The van der Waals surface area contributed by atoms with Gasteiger partial charge in [-0.2, -0.15) is 0 Å². The number of phenols is 1. The van der Waals surface area contributed by atoms with Crippen LogP contribution in [0.3, 0.4) is 0 Å². The van der Waals surface area contributed by atoms with E-state index in [0.29, 0.717) is 18.5 Å². The number of thiocarbonyl (C=S) groups is 1. The van der Waals surface area contributed by atoms with Crippen molar-refractivity contribution in [3.05, 3.63) is 24.3 Å². The summed E-state index contributed by atoms with van der Waals surface area (Å²) in [5.74, 6) is 0.0389. The fourth-order valence-corrected chi connectivity index (χ4v) is 2.53. The molecule has 1 aromatic carbocycles. The molecule has 0 bridgehead atoms. The van der Waals surface area contributed by atoms with E-state index in [1.54, 1.807) is 31.3 Å². The molecule has 5 heteroatoms. The highest BCUT2D eigenvalue weighted by molar-refractivity contribution is 7.80. The zero-order valence-electron chi connectivity index (χ0n) is 10.2. The third kappa shape index (κ3) is 1.95. The summed E-state index contributed by atoms with van der Waals surface area (Å²) in [6.07, 6.45) is 2.39. The lowest BCUT2D eigenvalue weighted by Crippen LogP contribution is -2.53. The topological polar surface area (TPSA) is 66.6 Å². The number of carbonyl (C=O) groups excluding carboxylic acids is 1. The summed E-state index contributed by atoms with van der Waals surface area (Å²) >= 11 is 5.03. The van der Waals surface area contributed by atoms with Gasteiger partial charge in [0, 0.05) is 18.8 Å². The Labute approximate surface area is 111 Å². The second-order valence-corrected chi connectivity index (χ2v) is 5.12. The molecule has 0 aromatic heterocycles. The van der Waals surface area contributed by atoms with E-state index in [2.05, 4.69) is 0 Å². The molecule has 0 spiro atoms. The largest absolute Gasteiger partial charge is 0.508 e. The van der Waals surface area contributed by atoms with Gasteiger partial charge in [-0.3, -0.25) is 4.79 Å². The van der Waals surface area contributed by atoms with Crippen molar-refractivity contribution in [2.24, 2.45) is 11.1 Å². The minimum atomic E-state index is -0.685. The number of phenolic OH excluding ortho intramolecular Hbond substituents is 1. The van der Waals surface area contributed by atoms with Crippen LogP contribution in [0.25, 0.3) is 0 Å². The molecule has 1 saturated carbocycles. The summed E-state index contributed by atoms with van der Waals surface area (Å²) in [7, 11) is 1.68. The van der Waals surface area contributed by atoms with Crippen molar-refractivity contribution >= 4 is 28.8 Å². The van der Waals surface area contributed by atoms with Gasteiger partial charge in [0.05, 0.1) is 10.4 Å². The molecule has 18 heavy (non-hydrogen) atoms. The van der Waals surface area contributed by atoms with Crippen LogP contribution in [0.5, 0.6) is 5.75 Å². The molecule has 1 aliphatic carbocycles. The second kappa shape index (κ2) is 4.57. The van der Waals surface area contributed by atoms with Crippen LogP contribution in [0, 0.1) is 5.41 Å². The Morgan fingerprint density at radius 2 is 2.17 bits per heavy atom. The number of nitrogens with two attached hydrogens (primary N) is 1. The van der Waals surface area contributed by atoms with Crippen molar-refractivity contribution < 1.29 is 9.90 Å². The van der Waals surface area contributed by atoms with Crippen LogP contribution < -0.4 is 10.6 Å². The zero-order chi connectivity index (χ0) is 13.3. The molecule has 4 nitrogen and oxygen atoms in total. The van der Waals surface area contributed by atoms with Crippen LogP contribution in [0.1, 0.15) is 19.3 Å². The molecule has 0 aliphatic heterocycles. The lowest BCUT2D eigenvalue weighted by Gasteiger charge is -2.41. The molecule has 0 heterocycles. The first-order valence-corrected chi connectivity index (χ1v) is 6.25. The van der Waals surface area contributed by atoms with E-state index in [0.717, 1.165) is 6.42 Å². The molecule has 0 unspecified atom stereocenters. The highest BCUT2D eigenvalue weighted by Crippen LogP contribution is 2.43. The van der Waals surface area contributed by atoms with Gasteiger partial charge in [0.15, 0.2) is 0 Å². The Kier molecular flexibility index (Phi) is 3.26. The minimum Gasteiger partial charge on any atom is -0.508 e. The van der Waals surface area contributed by atoms with Crippen LogP contribution in [0.15, 0.2) is 24.3 Å². The molecule has 1 aliphatic rings. The van der Waals surface area contributed by atoms with E-state index in [1.165, 1.54) is 4.90 Å². The maximum atomic E-state index is 12.5. The Balaban J connectivity index is 2.26. The van der Waals surface area contributed by atoms with Crippen LogP contribution in [-0.4, -0.2) is 23.0 Å². The van der Waals surface area contributed by atoms with Crippen LogP contribution in [0.2, 0.25) is 0 Å². The number of aromatic hydroxyl groups is 1. The van der Waals surface area contributed by atoms with Crippen LogP contribution in [0.4, 0.5) is 5.69 Å².